The zero-order chi connectivity index (χ0) is 22.5. The van der Waals surface area contributed by atoms with Crippen LogP contribution in [0.2, 0.25) is 0 Å². The number of benzene rings is 1. The number of hydrogen-bond acceptors (Lipinski definition) is 5. The second-order valence-electron chi connectivity index (χ2n) is 9.53. The summed E-state index contributed by atoms with van der Waals surface area (Å²) in [5.41, 5.74) is 13.0. The topological polar surface area (TPSA) is 67.1 Å². The first kappa shape index (κ1) is 22.2. The maximum absolute atomic E-state index is 6.61. The molecule has 5 nitrogen and oxygen atoms in total. The van der Waals surface area contributed by atoms with E-state index in [4.69, 9.17) is 10.7 Å². The number of nitrogens with one attached hydrogen (secondary N) is 1. The lowest BCUT2D eigenvalue weighted by atomic mass is 9.89. The number of pyridine rings is 2. The Morgan fingerprint density at radius 1 is 0.848 bits per heavy atom. The minimum atomic E-state index is 0.258. The first-order valence-electron chi connectivity index (χ1n) is 12.4. The van der Waals surface area contributed by atoms with Gasteiger partial charge in [0.25, 0.3) is 0 Å². The van der Waals surface area contributed by atoms with Gasteiger partial charge in [0, 0.05) is 44.1 Å². The quantitative estimate of drug-likeness (QED) is 0.538. The van der Waals surface area contributed by atoms with Crippen molar-refractivity contribution >= 4 is 0 Å². The smallest absolute Gasteiger partial charge is 0.0607 e. The van der Waals surface area contributed by atoms with Crippen LogP contribution < -0.4 is 11.1 Å². The first-order chi connectivity index (χ1) is 16.3. The lowest BCUT2D eigenvalue weighted by Crippen LogP contribution is -2.46. The van der Waals surface area contributed by atoms with Crippen LogP contribution in [0.15, 0.2) is 67.0 Å². The van der Waals surface area contributed by atoms with Crippen LogP contribution in [0.25, 0.3) is 0 Å². The molecule has 3 aromatic rings. The van der Waals surface area contributed by atoms with E-state index < -0.39 is 0 Å². The Morgan fingerprint density at radius 3 is 2.48 bits per heavy atom. The van der Waals surface area contributed by atoms with Crippen LogP contribution in [0.5, 0.6) is 0 Å². The Labute approximate surface area is 197 Å². The van der Waals surface area contributed by atoms with Gasteiger partial charge in [-0.3, -0.25) is 14.9 Å². The fourth-order valence-electron chi connectivity index (χ4n) is 5.56. The molecular weight excluding hydrogens is 406 g/mol. The summed E-state index contributed by atoms with van der Waals surface area (Å²) in [5.74, 6) is 0. The molecule has 1 aromatic carbocycles. The Bertz CT molecular complexity index is 1020. The molecule has 2 aliphatic carbocycles. The van der Waals surface area contributed by atoms with Gasteiger partial charge in [-0.25, -0.2) is 0 Å². The van der Waals surface area contributed by atoms with Crippen LogP contribution in [0.4, 0.5) is 0 Å². The summed E-state index contributed by atoms with van der Waals surface area (Å²) in [5, 5.41) is 3.49. The number of aromatic nitrogens is 2. The summed E-state index contributed by atoms with van der Waals surface area (Å²) < 4.78 is 0. The molecule has 0 radical (unpaired) electrons. The van der Waals surface area contributed by atoms with E-state index in [0.717, 1.165) is 38.2 Å². The number of fused-ring (bicyclic) bond motifs is 1. The van der Waals surface area contributed by atoms with Crippen LogP contribution in [0.1, 0.15) is 66.2 Å². The van der Waals surface area contributed by atoms with Crippen molar-refractivity contribution in [2.24, 2.45) is 5.73 Å². The van der Waals surface area contributed by atoms with E-state index in [1.54, 1.807) is 0 Å². The van der Waals surface area contributed by atoms with Crippen molar-refractivity contribution in [2.75, 3.05) is 0 Å². The molecule has 172 valence electrons. The molecule has 2 aromatic heterocycles. The average molecular weight is 442 g/mol. The van der Waals surface area contributed by atoms with Gasteiger partial charge in [-0.1, -0.05) is 42.8 Å². The highest BCUT2D eigenvalue weighted by Crippen LogP contribution is 2.38. The third-order valence-electron chi connectivity index (χ3n) is 7.27. The highest BCUT2D eigenvalue weighted by Gasteiger charge is 2.36. The van der Waals surface area contributed by atoms with Crippen LogP contribution in [0, 0.1) is 0 Å². The standard InChI is InChI=1S/C28H35N5/c29-25-9-4-10-26(25)33(27-11-3-6-23-7-5-17-32-28(23)27)20-22-14-12-21(13-15-22)18-30-19-24-8-1-2-16-31-24/h1-2,5,7-8,12-17,25-27,30H,3-4,6,9-11,18-20,29H2/t25-,26-,27?/m0/s1. The van der Waals surface area contributed by atoms with Gasteiger partial charge in [-0.05, 0) is 67.0 Å². The van der Waals surface area contributed by atoms with Gasteiger partial charge in [0.1, 0.15) is 0 Å². The molecule has 5 heteroatoms. The maximum atomic E-state index is 6.61. The van der Waals surface area contributed by atoms with Crippen molar-refractivity contribution in [1.29, 1.82) is 0 Å². The molecule has 0 bridgehead atoms. The molecule has 1 fully saturated rings. The number of nitrogens with zero attached hydrogens (tertiary/aromatic N) is 3. The Kier molecular flexibility index (Phi) is 7.10. The molecule has 33 heavy (non-hydrogen) atoms. The molecule has 0 spiro atoms. The molecule has 3 atom stereocenters. The Morgan fingerprint density at radius 2 is 1.70 bits per heavy atom. The summed E-state index contributed by atoms with van der Waals surface area (Å²) in [6.07, 6.45) is 10.9. The Balaban J connectivity index is 1.28. The summed E-state index contributed by atoms with van der Waals surface area (Å²) in [4.78, 5) is 11.9. The molecule has 3 N–H and O–H groups in total. The third kappa shape index (κ3) is 5.32. The highest BCUT2D eigenvalue weighted by atomic mass is 15.2. The van der Waals surface area contributed by atoms with Gasteiger partial charge < -0.3 is 11.1 Å². The number of nitrogens with two attached hydrogens (primary N) is 1. The number of rotatable bonds is 8. The third-order valence-corrected chi connectivity index (χ3v) is 7.27. The van der Waals surface area contributed by atoms with Gasteiger partial charge in [-0.15, -0.1) is 0 Å². The molecule has 2 aliphatic rings. The van der Waals surface area contributed by atoms with Crippen LogP contribution in [-0.2, 0) is 26.1 Å². The monoisotopic (exact) mass is 441 g/mol. The van der Waals surface area contributed by atoms with Gasteiger partial charge in [0.05, 0.1) is 17.4 Å². The van der Waals surface area contributed by atoms with E-state index in [1.807, 2.05) is 24.5 Å². The molecular formula is C28H35N5. The van der Waals surface area contributed by atoms with E-state index in [-0.39, 0.29) is 6.04 Å². The summed E-state index contributed by atoms with van der Waals surface area (Å²) in [6, 6.07) is 20.5. The van der Waals surface area contributed by atoms with Crippen molar-refractivity contribution in [1.82, 2.24) is 20.2 Å². The van der Waals surface area contributed by atoms with E-state index in [0.29, 0.717) is 12.1 Å². The first-order valence-corrected chi connectivity index (χ1v) is 12.4. The Hall–Kier alpha value is -2.60. The van der Waals surface area contributed by atoms with E-state index >= 15 is 0 Å². The van der Waals surface area contributed by atoms with E-state index in [9.17, 15) is 0 Å². The zero-order valence-corrected chi connectivity index (χ0v) is 19.4. The van der Waals surface area contributed by atoms with Gasteiger partial charge in [0.2, 0.25) is 0 Å². The lowest BCUT2D eigenvalue weighted by Gasteiger charge is -2.40. The molecule has 5 rings (SSSR count). The molecule has 0 saturated heterocycles. The predicted molar refractivity (Wildman–Crippen MR) is 132 cm³/mol. The van der Waals surface area contributed by atoms with Gasteiger partial charge in [0.15, 0.2) is 0 Å². The van der Waals surface area contributed by atoms with Crippen molar-refractivity contribution in [2.45, 2.75) is 76.3 Å². The van der Waals surface area contributed by atoms with E-state index in [2.05, 4.69) is 57.7 Å². The second-order valence-corrected chi connectivity index (χ2v) is 9.53. The minimum absolute atomic E-state index is 0.258. The minimum Gasteiger partial charge on any atom is -0.326 e. The molecule has 1 unspecified atom stereocenters. The van der Waals surface area contributed by atoms with E-state index in [1.165, 1.54) is 48.1 Å². The van der Waals surface area contributed by atoms with Crippen molar-refractivity contribution in [3.63, 3.8) is 0 Å². The molecule has 0 amide bonds. The predicted octanol–water partition coefficient (Wildman–Crippen LogP) is 4.53. The summed E-state index contributed by atoms with van der Waals surface area (Å²) in [7, 11) is 0. The fraction of sp³-hybridized carbons (Fsp3) is 0.429. The maximum Gasteiger partial charge on any atom is 0.0607 e. The lowest BCUT2D eigenvalue weighted by molar-refractivity contribution is 0.100. The number of aryl methyl sites for hydroxylation is 1. The zero-order valence-electron chi connectivity index (χ0n) is 19.4. The molecule has 0 aliphatic heterocycles. The van der Waals surface area contributed by atoms with Crippen LogP contribution in [-0.4, -0.2) is 27.0 Å². The van der Waals surface area contributed by atoms with Crippen LogP contribution >= 0.6 is 0 Å². The fourth-order valence-corrected chi connectivity index (χ4v) is 5.56. The average Bonchev–Trinajstić information content (AvgIpc) is 3.29. The van der Waals surface area contributed by atoms with Gasteiger partial charge in [-0.2, -0.15) is 0 Å². The number of hydrogen-bond donors (Lipinski definition) is 2. The van der Waals surface area contributed by atoms with Gasteiger partial charge >= 0.3 is 0 Å². The van der Waals surface area contributed by atoms with Crippen molar-refractivity contribution < 1.29 is 0 Å². The molecule has 1 saturated carbocycles. The van der Waals surface area contributed by atoms with Crippen molar-refractivity contribution in [3.8, 4) is 0 Å². The SMILES string of the molecule is N[C@H]1CCC[C@@H]1N(Cc1ccc(CNCc2ccccn2)cc1)C1CCCc2cccnc21. The molecule has 2 heterocycles. The van der Waals surface area contributed by atoms with Crippen LogP contribution in [0.3, 0.4) is 0 Å². The summed E-state index contributed by atoms with van der Waals surface area (Å²) in [6.45, 7) is 2.55. The highest BCUT2D eigenvalue weighted by molar-refractivity contribution is 5.27. The normalized spacial score (nSPS) is 22.4. The summed E-state index contributed by atoms with van der Waals surface area (Å²) >= 11 is 0. The second kappa shape index (κ2) is 10.6. The van der Waals surface area contributed by atoms with Crippen molar-refractivity contribution in [3.05, 3.63) is 95.1 Å². The largest absolute Gasteiger partial charge is 0.326 e.